The van der Waals surface area contributed by atoms with Crippen LogP contribution < -0.4 is 11.1 Å². The van der Waals surface area contributed by atoms with Gasteiger partial charge in [-0.2, -0.15) is 0 Å². The summed E-state index contributed by atoms with van der Waals surface area (Å²) in [5.74, 6) is -1.15. The van der Waals surface area contributed by atoms with E-state index >= 15 is 0 Å². The summed E-state index contributed by atoms with van der Waals surface area (Å²) in [7, 11) is 1.40. The van der Waals surface area contributed by atoms with Crippen molar-refractivity contribution in [3.05, 3.63) is 71.3 Å². The van der Waals surface area contributed by atoms with Crippen LogP contribution in [-0.2, 0) is 14.4 Å². The van der Waals surface area contributed by atoms with Gasteiger partial charge in [0.1, 0.15) is 12.2 Å². The topological polar surface area (TPSA) is 95.7 Å². The van der Waals surface area contributed by atoms with Gasteiger partial charge in [0.25, 0.3) is 5.91 Å². The SMILES string of the molecule is CC(=O)N(C)[C@H](N)C(=O)N1C[C@H](F)C[C@H]1C(=O)N[C@@H](c1ccccc1)c1ccc(C(C)C)cc1. The molecule has 3 amide bonds. The summed E-state index contributed by atoms with van der Waals surface area (Å²) in [5, 5.41) is 3.02. The summed E-state index contributed by atoms with van der Waals surface area (Å²) in [6, 6.07) is 16.0. The van der Waals surface area contributed by atoms with Crippen LogP contribution in [0.15, 0.2) is 54.6 Å². The lowest BCUT2D eigenvalue weighted by Gasteiger charge is -2.31. The van der Waals surface area contributed by atoms with Gasteiger partial charge in [0.2, 0.25) is 11.8 Å². The van der Waals surface area contributed by atoms with Crippen molar-refractivity contribution in [2.45, 2.75) is 57.5 Å². The van der Waals surface area contributed by atoms with Crippen LogP contribution in [0.5, 0.6) is 0 Å². The summed E-state index contributed by atoms with van der Waals surface area (Å²) in [4.78, 5) is 40.2. The van der Waals surface area contributed by atoms with E-state index in [0.717, 1.165) is 20.9 Å². The Labute approximate surface area is 200 Å². The Balaban J connectivity index is 1.86. The molecule has 1 fully saturated rings. The molecular weight excluding hydrogens is 435 g/mol. The van der Waals surface area contributed by atoms with Gasteiger partial charge in [-0.15, -0.1) is 0 Å². The van der Waals surface area contributed by atoms with Gasteiger partial charge in [-0.3, -0.25) is 14.4 Å². The largest absolute Gasteiger partial charge is 0.343 e. The van der Waals surface area contributed by atoms with E-state index < -0.39 is 42.1 Å². The molecule has 1 aliphatic rings. The number of carbonyl (C=O) groups excluding carboxylic acids is 3. The number of carbonyl (C=O) groups is 3. The summed E-state index contributed by atoms with van der Waals surface area (Å²) in [5.41, 5.74) is 8.86. The number of rotatable bonds is 7. The summed E-state index contributed by atoms with van der Waals surface area (Å²) in [6.45, 7) is 5.27. The number of hydrogen-bond acceptors (Lipinski definition) is 4. The predicted octanol–water partition coefficient (Wildman–Crippen LogP) is 2.72. The zero-order chi connectivity index (χ0) is 25.0. The van der Waals surface area contributed by atoms with Crippen molar-refractivity contribution in [1.82, 2.24) is 15.1 Å². The lowest BCUT2D eigenvalue weighted by Crippen LogP contribution is -2.57. The number of nitrogens with two attached hydrogens (primary N) is 1. The second-order valence-electron chi connectivity index (χ2n) is 9.09. The lowest BCUT2D eigenvalue weighted by atomic mass is 9.95. The number of hydrogen-bond donors (Lipinski definition) is 2. The smallest absolute Gasteiger partial charge is 0.260 e. The number of alkyl halides is 1. The molecule has 1 heterocycles. The zero-order valence-corrected chi connectivity index (χ0v) is 20.1. The molecular formula is C26H33FN4O3. The maximum Gasteiger partial charge on any atom is 0.260 e. The van der Waals surface area contributed by atoms with Crippen molar-refractivity contribution in [3.8, 4) is 0 Å². The molecule has 34 heavy (non-hydrogen) atoms. The third kappa shape index (κ3) is 5.62. The molecule has 0 radical (unpaired) electrons. The normalized spacial score (nSPS) is 19.6. The molecule has 0 aromatic heterocycles. The van der Waals surface area contributed by atoms with Crippen LogP contribution in [0.2, 0.25) is 0 Å². The Bertz CT molecular complexity index is 1010. The molecule has 0 unspecified atom stereocenters. The van der Waals surface area contributed by atoms with Crippen molar-refractivity contribution in [2.24, 2.45) is 5.73 Å². The average Bonchev–Trinajstić information content (AvgIpc) is 3.23. The highest BCUT2D eigenvalue weighted by Crippen LogP contribution is 2.27. The molecule has 0 bridgehead atoms. The Kier molecular flexibility index (Phi) is 8.04. The molecule has 182 valence electrons. The van der Waals surface area contributed by atoms with Crippen LogP contribution in [-0.4, -0.2) is 59.5 Å². The molecule has 2 aromatic carbocycles. The monoisotopic (exact) mass is 468 g/mol. The number of benzene rings is 2. The molecule has 0 saturated carbocycles. The second kappa shape index (κ2) is 10.8. The highest BCUT2D eigenvalue weighted by molar-refractivity contribution is 5.92. The molecule has 2 aromatic rings. The van der Waals surface area contributed by atoms with E-state index in [9.17, 15) is 18.8 Å². The molecule has 0 aliphatic carbocycles. The molecule has 1 aliphatic heterocycles. The first-order valence-electron chi connectivity index (χ1n) is 11.5. The van der Waals surface area contributed by atoms with E-state index in [1.165, 1.54) is 19.5 Å². The van der Waals surface area contributed by atoms with Gasteiger partial charge in [-0.25, -0.2) is 4.39 Å². The van der Waals surface area contributed by atoms with Crippen LogP contribution >= 0.6 is 0 Å². The quantitative estimate of drug-likeness (QED) is 0.611. The standard InChI is InChI=1S/C26H33FN4O3/c1-16(2)18-10-12-20(13-11-18)23(19-8-6-5-7-9-19)29-25(33)22-14-21(27)15-31(22)26(34)24(28)30(4)17(3)32/h5-13,16,21-24H,14-15,28H2,1-4H3,(H,29,33)/t21-,22+,23+,24+/m1/s1. The van der Waals surface area contributed by atoms with Crippen molar-refractivity contribution in [3.63, 3.8) is 0 Å². The first kappa shape index (κ1) is 25.4. The van der Waals surface area contributed by atoms with E-state index in [-0.39, 0.29) is 13.0 Å². The van der Waals surface area contributed by atoms with Gasteiger partial charge in [0, 0.05) is 20.4 Å². The third-order valence-electron chi connectivity index (χ3n) is 6.36. The van der Waals surface area contributed by atoms with Crippen LogP contribution in [0, 0.1) is 0 Å². The fourth-order valence-corrected chi connectivity index (χ4v) is 4.12. The van der Waals surface area contributed by atoms with Crippen molar-refractivity contribution < 1.29 is 18.8 Å². The van der Waals surface area contributed by atoms with Gasteiger partial charge in [-0.05, 0) is 22.6 Å². The Morgan fingerprint density at radius 3 is 2.15 bits per heavy atom. The van der Waals surface area contributed by atoms with Gasteiger partial charge >= 0.3 is 0 Å². The summed E-state index contributed by atoms with van der Waals surface area (Å²) < 4.78 is 14.4. The van der Waals surface area contributed by atoms with Crippen molar-refractivity contribution in [2.75, 3.05) is 13.6 Å². The fourth-order valence-electron chi connectivity index (χ4n) is 4.12. The number of likely N-dealkylation sites (tertiary alicyclic amines) is 1. The molecule has 3 N–H and O–H groups in total. The maximum absolute atomic E-state index is 14.4. The third-order valence-corrected chi connectivity index (χ3v) is 6.36. The first-order chi connectivity index (χ1) is 16.1. The van der Waals surface area contributed by atoms with E-state index in [2.05, 4.69) is 19.2 Å². The Morgan fingerprint density at radius 2 is 1.59 bits per heavy atom. The molecule has 4 atom stereocenters. The summed E-state index contributed by atoms with van der Waals surface area (Å²) in [6.07, 6.45) is -2.76. The summed E-state index contributed by atoms with van der Waals surface area (Å²) >= 11 is 0. The van der Waals surface area contributed by atoms with Crippen LogP contribution in [0.1, 0.15) is 55.8 Å². The minimum absolute atomic E-state index is 0.123. The fraction of sp³-hybridized carbons (Fsp3) is 0.423. The minimum Gasteiger partial charge on any atom is -0.343 e. The van der Waals surface area contributed by atoms with Gasteiger partial charge in [-0.1, -0.05) is 68.4 Å². The highest BCUT2D eigenvalue weighted by Gasteiger charge is 2.42. The van der Waals surface area contributed by atoms with E-state index in [1.54, 1.807) is 0 Å². The number of amides is 3. The number of nitrogens with zero attached hydrogens (tertiary/aromatic N) is 2. The number of likely N-dealkylation sites (N-methyl/N-ethyl adjacent to an activating group) is 1. The average molecular weight is 469 g/mol. The highest BCUT2D eigenvalue weighted by atomic mass is 19.1. The van der Waals surface area contributed by atoms with E-state index in [1.807, 2.05) is 54.6 Å². The Hall–Kier alpha value is -3.26. The van der Waals surface area contributed by atoms with E-state index in [0.29, 0.717) is 5.92 Å². The van der Waals surface area contributed by atoms with Gasteiger partial charge in [0.15, 0.2) is 6.17 Å². The first-order valence-corrected chi connectivity index (χ1v) is 11.5. The predicted molar refractivity (Wildman–Crippen MR) is 128 cm³/mol. The van der Waals surface area contributed by atoms with Gasteiger partial charge < -0.3 is 20.9 Å². The molecule has 0 spiro atoms. The molecule has 3 rings (SSSR count). The van der Waals surface area contributed by atoms with Crippen LogP contribution in [0.25, 0.3) is 0 Å². The number of halogens is 1. The minimum atomic E-state index is -1.35. The number of nitrogens with one attached hydrogen (secondary N) is 1. The molecule has 1 saturated heterocycles. The second-order valence-corrected chi connectivity index (χ2v) is 9.09. The molecule has 7 nitrogen and oxygen atoms in total. The van der Waals surface area contributed by atoms with E-state index in [4.69, 9.17) is 5.73 Å². The molecule has 8 heteroatoms. The van der Waals surface area contributed by atoms with Crippen molar-refractivity contribution >= 4 is 17.7 Å². The van der Waals surface area contributed by atoms with Crippen molar-refractivity contribution in [1.29, 1.82) is 0 Å². The zero-order valence-electron chi connectivity index (χ0n) is 20.1. The lowest BCUT2D eigenvalue weighted by molar-refractivity contribution is -0.146. The van der Waals surface area contributed by atoms with Crippen LogP contribution in [0.3, 0.4) is 0 Å². The van der Waals surface area contributed by atoms with Gasteiger partial charge in [0.05, 0.1) is 12.6 Å². The Morgan fingerprint density at radius 1 is 1.03 bits per heavy atom. The van der Waals surface area contributed by atoms with Crippen LogP contribution in [0.4, 0.5) is 4.39 Å². The maximum atomic E-state index is 14.4.